The molecule has 0 spiro atoms. The van der Waals surface area contributed by atoms with Gasteiger partial charge in [0.05, 0.1) is 29.3 Å². The summed E-state index contributed by atoms with van der Waals surface area (Å²) in [5, 5.41) is 15.9. The zero-order chi connectivity index (χ0) is 23.3. The lowest BCUT2D eigenvalue weighted by Gasteiger charge is -2.09. The van der Waals surface area contributed by atoms with Crippen LogP contribution in [0.15, 0.2) is 23.6 Å². The van der Waals surface area contributed by atoms with E-state index < -0.39 is 29.4 Å². The van der Waals surface area contributed by atoms with Crippen molar-refractivity contribution in [2.75, 3.05) is 25.1 Å². The average Bonchev–Trinajstić information content (AvgIpc) is 3.52. The normalized spacial score (nSPS) is 12.7. The van der Waals surface area contributed by atoms with Crippen LogP contribution < -0.4 is 10.1 Å². The van der Waals surface area contributed by atoms with Gasteiger partial charge in [-0.2, -0.15) is 0 Å². The maximum atomic E-state index is 12.4. The summed E-state index contributed by atoms with van der Waals surface area (Å²) < 4.78 is 15.3. The number of carbonyl (C=O) groups excluding carboxylic acids is 3. The van der Waals surface area contributed by atoms with Gasteiger partial charge in [0.25, 0.3) is 5.91 Å². The Bertz CT molecular complexity index is 1040. The monoisotopic (exact) mass is 462 g/mol. The van der Waals surface area contributed by atoms with E-state index in [1.165, 1.54) is 23.5 Å². The Hall–Kier alpha value is -3.47. The van der Waals surface area contributed by atoms with Crippen LogP contribution in [0, 0.1) is 10.1 Å². The van der Waals surface area contributed by atoms with Crippen LogP contribution in [-0.4, -0.2) is 42.6 Å². The predicted molar refractivity (Wildman–Crippen MR) is 115 cm³/mol. The molecule has 1 heterocycles. The molecule has 1 aliphatic rings. The van der Waals surface area contributed by atoms with Gasteiger partial charge < -0.3 is 19.5 Å². The second-order valence-electron chi connectivity index (χ2n) is 6.89. The van der Waals surface area contributed by atoms with Crippen molar-refractivity contribution in [3.05, 3.63) is 50.4 Å². The molecule has 1 aromatic carbocycles. The largest absolute Gasteiger partial charge is 0.487 e. The number of esters is 2. The Morgan fingerprint density at radius 1 is 1.16 bits per heavy atom. The van der Waals surface area contributed by atoms with Crippen LogP contribution >= 0.6 is 11.3 Å². The topological polar surface area (TPSA) is 134 Å². The Morgan fingerprint density at radius 2 is 1.91 bits per heavy atom. The van der Waals surface area contributed by atoms with E-state index in [0.717, 1.165) is 24.5 Å². The second kappa shape index (κ2) is 10.2. The van der Waals surface area contributed by atoms with Crippen molar-refractivity contribution in [3.8, 4) is 5.75 Å². The first-order valence-electron chi connectivity index (χ1n) is 10.0. The van der Waals surface area contributed by atoms with Crippen molar-refractivity contribution >= 4 is 39.9 Å². The number of hydrogen-bond acceptors (Lipinski definition) is 9. The fraction of sp³-hybridized carbons (Fsp3) is 0.381. The third-order valence-electron chi connectivity index (χ3n) is 4.59. The van der Waals surface area contributed by atoms with Gasteiger partial charge in [0, 0.05) is 6.07 Å². The van der Waals surface area contributed by atoms with Gasteiger partial charge in [-0.1, -0.05) is 0 Å². The number of ether oxygens (including phenoxy) is 3. The summed E-state index contributed by atoms with van der Waals surface area (Å²) in [6.45, 7) is 3.18. The highest BCUT2D eigenvalue weighted by atomic mass is 32.1. The lowest BCUT2D eigenvalue weighted by molar-refractivity contribution is -0.385. The van der Waals surface area contributed by atoms with Crippen molar-refractivity contribution < 1.29 is 33.5 Å². The maximum Gasteiger partial charge on any atom is 0.341 e. The minimum absolute atomic E-state index is 0.0300. The van der Waals surface area contributed by atoms with Crippen molar-refractivity contribution in [1.82, 2.24) is 0 Å². The van der Waals surface area contributed by atoms with Crippen LogP contribution in [0.4, 0.5) is 10.7 Å². The fourth-order valence-corrected chi connectivity index (χ4v) is 4.06. The van der Waals surface area contributed by atoms with Crippen LogP contribution in [0.2, 0.25) is 0 Å². The van der Waals surface area contributed by atoms with Crippen LogP contribution in [0.1, 0.15) is 58.9 Å². The SMILES string of the molecule is CCOC(=O)c1c(C2CC2)csc1NC(=O)COC(=O)c1ccc(OCC)c([N+](=O)[O-])c1. The average molecular weight is 462 g/mol. The predicted octanol–water partition coefficient (Wildman–Crippen LogP) is 3.90. The first-order valence-corrected chi connectivity index (χ1v) is 10.9. The lowest BCUT2D eigenvalue weighted by Crippen LogP contribution is -2.22. The highest BCUT2D eigenvalue weighted by Gasteiger charge is 2.32. The number of nitro groups is 1. The maximum absolute atomic E-state index is 12.4. The van der Waals surface area contributed by atoms with E-state index in [1.807, 2.05) is 5.38 Å². The van der Waals surface area contributed by atoms with E-state index in [0.29, 0.717) is 10.6 Å². The molecule has 2 aromatic rings. The number of amides is 1. The lowest BCUT2D eigenvalue weighted by atomic mass is 10.1. The molecule has 0 unspecified atom stereocenters. The molecule has 32 heavy (non-hydrogen) atoms. The van der Waals surface area contributed by atoms with Gasteiger partial charge in [-0.3, -0.25) is 14.9 Å². The Kier molecular flexibility index (Phi) is 7.41. The van der Waals surface area contributed by atoms with Gasteiger partial charge in [-0.05, 0) is 55.7 Å². The summed E-state index contributed by atoms with van der Waals surface area (Å²) in [4.78, 5) is 47.5. The second-order valence-corrected chi connectivity index (χ2v) is 7.77. The Morgan fingerprint density at radius 3 is 2.53 bits per heavy atom. The Balaban J connectivity index is 1.65. The highest BCUT2D eigenvalue weighted by molar-refractivity contribution is 7.15. The zero-order valence-electron chi connectivity index (χ0n) is 17.5. The summed E-state index contributed by atoms with van der Waals surface area (Å²) in [5.41, 5.74) is 0.715. The number of carbonyl (C=O) groups is 3. The van der Waals surface area contributed by atoms with Crippen molar-refractivity contribution in [2.24, 2.45) is 0 Å². The number of nitrogens with one attached hydrogen (secondary N) is 1. The first-order chi connectivity index (χ1) is 15.3. The molecule has 0 aliphatic heterocycles. The number of benzene rings is 1. The summed E-state index contributed by atoms with van der Waals surface area (Å²) in [5.74, 6) is -1.74. The smallest absolute Gasteiger partial charge is 0.341 e. The molecule has 10 nitrogen and oxygen atoms in total. The Labute approximate surface area is 187 Å². The molecule has 3 rings (SSSR count). The molecule has 1 aromatic heterocycles. The quantitative estimate of drug-likeness (QED) is 0.319. The molecular weight excluding hydrogens is 440 g/mol. The molecule has 0 radical (unpaired) electrons. The molecule has 0 bridgehead atoms. The van der Waals surface area contributed by atoms with E-state index in [2.05, 4.69) is 5.32 Å². The van der Waals surface area contributed by atoms with Crippen LogP contribution in [-0.2, 0) is 14.3 Å². The first kappa shape index (κ1) is 23.2. The van der Waals surface area contributed by atoms with E-state index in [-0.39, 0.29) is 36.1 Å². The summed E-state index contributed by atoms with van der Waals surface area (Å²) >= 11 is 1.21. The number of nitro benzene ring substituents is 1. The third-order valence-corrected chi connectivity index (χ3v) is 5.51. The van der Waals surface area contributed by atoms with E-state index in [9.17, 15) is 24.5 Å². The summed E-state index contributed by atoms with van der Waals surface area (Å²) in [6, 6.07) is 3.65. The van der Waals surface area contributed by atoms with Crippen molar-refractivity contribution in [3.63, 3.8) is 0 Å². The number of thiophene rings is 1. The number of rotatable bonds is 10. The van der Waals surface area contributed by atoms with Crippen LogP contribution in [0.25, 0.3) is 0 Å². The molecule has 1 fully saturated rings. The molecule has 11 heteroatoms. The fourth-order valence-electron chi connectivity index (χ4n) is 3.01. The molecule has 1 amide bonds. The van der Waals surface area contributed by atoms with Gasteiger partial charge >= 0.3 is 17.6 Å². The number of nitrogens with zero attached hydrogens (tertiary/aromatic N) is 1. The minimum atomic E-state index is -0.901. The minimum Gasteiger partial charge on any atom is -0.487 e. The van der Waals surface area contributed by atoms with Crippen LogP contribution in [0.3, 0.4) is 0 Å². The van der Waals surface area contributed by atoms with Crippen molar-refractivity contribution in [1.29, 1.82) is 0 Å². The van der Waals surface area contributed by atoms with Gasteiger partial charge in [0.2, 0.25) is 0 Å². The van der Waals surface area contributed by atoms with E-state index >= 15 is 0 Å². The molecule has 0 atom stereocenters. The standard InChI is InChI=1S/C21H22N2O8S/c1-3-29-16-8-7-13(9-15(16)23(27)28)20(25)31-10-17(24)22-19-18(21(26)30-4-2)14(11-32-19)12-5-6-12/h7-9,11-12H,3-6,10H2,1-2H3,(H,22,24). The van der Waals surface area contributed by atoms with E-state index in [4.69, 9.17) is 14.2 Å². The molecule has 0 saturated heterocycles. The molecule has 1 N–H and O–H groups in total. The molecule has 1 saturated carbocycles. The summed E-state index contributed by atoms with van der Waals surface area (Å²) in [7, 11) is 0. The summed E-state index contributed by atoms with van der Waals surface area (Å²) in [6.07, 6.45) is 1.95. The van der Waals surface area contributed by atoms with Gasteiger partial charge in [0.1, 0.15) is 5.00 Å². The third kappa shape index (κ3) is 5.41. The highest BCUT2D eigenvalue weighted by Crippen LogP contribution is 2.46. The number of hydrogen-bond donors (Lipinski definition) is 1. The molecular formula is C21H22N2O8S. The van der Waals surface area contributed by atoms with Gasteiger partial charge in [0.15, 0.2) is 12.4 Å². The van der Waals surface area contributed by atoms with E-state index in [1.54, 1.807) is 13.8 Å². The van der Waals surface area contributed by atoms with Crippen molar-refractivity contribution in [2.45, 2.75) is 32.6 Å². The molecule has 1 aliphatic carbocycles. The zero-order valence-corrected chi connectivity index (χ0v) is 18.4. The number of anilines is 1. The molecule has 170 valence electrons. The van der Waals surface area contributed by atoms with Crippen LogP contribution in [0.5, 0.6) is 5.75 Å². The van der Waals surface area contributed by atoms with Gasteiger partial charge in [-0.15, -0.1) is 11.3 Å². The van der Waals surface area contributed by atoms with Gasteiger partial charge in [-0.25, -0.2) is 9.59 Å².